The van der Waals surface area contributed by atoms with Gasteiger partial charge in [0.1, 0.15) is 17.2 Å². The highest BCUT2D eigenvalue weighted by molar-refractivity contribution is 5.99. The van der Waals surface area contributed by atoms with Crippen molar-refractivity contribution in [3.63, 3.8) is 0 Å². The van der Waals surface area contributed by atoms with Crippen LogP contribution in [0.3, 0.4) is 0 Å². The number of carbonyl (C=O) groups is 2. The van der Waals surface area contributed by atoms with Crippen LogP contribution in [0.15, 0.2) is 61.2 Å². The number of hydrogen-bond donors (Lipinski definition) is 4. The van der Waals surface area contributed by atoms with Gasteiger partial charge in [-0.2, -0.15) is 0 Å². The number of rotatable bonds is 13. The maximum absolute atomic E-state index is 12.5. The molecular weight excluding hydrogens is 508 g/mol. The third-order valence-corrected chi connectivity index (χ3v) is 6.68. The Labute approximate surface area is 233 Å². The van der Waals surface area contributed by atoms with Gasteiger partial charge in [0.25, 0.3) is 0 Å². The summed E-state index contributed by atoms with van der Waals surface area (Å²) < 4.78 is 11.0. The third-order valence-electron chi connectivity index (χ3n) is 6.68. The number of carboxylic acid groups (broad SMARTS) is 1. The number of fused-ring (bicyclic) bond motifs is 2. The zero-order valence-electron chi connectivity index (χ0n) is 22.6. The first-order valence-electron chi connectivity index (χ1n) is 13.2. The van der Waals surface area contributed by atoms with Crippen LogP contribution >= 0.6 is 0 Å². The van der Waals surface area contributed by atoms with Crippen molar-refractivity contribution in [1.29, 1.82) is 0 Å². The van der Waals surface area contributed by atoms with Crippen LogP contribution in [0.5, 0.6) is 17.2 Å². The van der Waals surface area contributed by atoms with Crippen molar-refractivity contribution in [3.05, 3.63) is 93.9 Å². The number of ether oxygens (including phenoxy) is 2. The molecule has 0 unspecified atom stereocenters. The van der Waals surface area contributed by atoms with Crippen molar-refractivity contribution in [2.75, 3.05) is 26.8 Å². The van der Waals surface area contributed by atoms with E-state index >= 15 is 0 Å². The molecule has 1 aliphatic rings. The summed E-state index contributed by atoms with van der Waals surface area (Å²) in [6.07, 6.45) is 2.98. The predicted octanol–water partition coefficient (Wildman–Crippen LogP) is 3.74. The van der Waals surface area contributed by atoms with Crippen LogP contribution < -0.4 is 25.8 Å². The van der Waals surface area contributed by atoms with Crippen molar-refractivity contribution in [3.8, 4) is 17.2 Å². The molecule has 0 saturated carbocycles. The molecule has 0 saturated heterocycles. The number of unbranched alkanes of at least 4 members (excludes halogenated alkanes) is 2. The quantitative estimate of drug-likeness (QED) is 0.190. The molecule has 0 fully saturated rings. The number of aromatic carboxylic acids is 1. The SMILES string of the molecule is C=C(NCCCCCC(=O)NCCOC)c1ccc(C2=c3ccc(=C)cc3Oc3cc(O)ccc32)c(C(=O)O)c1. The number of benzene rings is 3. The first-order chi connectivity index (χ1) is 19.3. The monoisotopic (exact) mass is 542 g/mol. The molecule has 4 rings (SSSR count). The van der Waals surface area contributed by atoms with Gasteiger partial charge in [-0.05, 0) is 53.5 Å². The Morgan fingerprint density at radius 2 is 1.73 bits per heavy atom. The Kier molecular flexibility index (Phi) is 9.24. The molecule has 0 radical (unpaired) electrons. The van der Waals surface area contributed by atoms with E-state index in [9.17, 15) is 19.8 Å². The molecule has 0 atom stereocenters. The normalized spacial score (nSPS) is 11.7. The molecule has 0 aliphatic carbocycles. The van der Waals surface area contributed by atoms with E-state index in [4.69, 9.17) is 9.47 Å². The van der Waals surface area contributed by atoms with Gasteiger partial charge < -0.3 is 30.3 Å². The summed E-state index contributed by atoms with van der Waals surface area (Å²) in [4.78, 5) is 24.2. The Morgan fingerprint density at radius 1 is 0.925 bits per heavy atom. The first-order valence-corrected chi connectivity index (χ1v) is 13.2. The first kappa shape index (κ1) is 28.4. The van der Waals surface area contributed by atoms with Crippen LogP contribution in [0, 0.1) is 0 Å². The average molecular weight is 543 g/mol. The average Bonchev–Trinajstić information content (AvgIpc) is 2.93. The van der Waals surface area contributed by atoms with E-state index in [0.717, 1.165) is 29.7 Å². The zero-order chi connectivity index (χ0) is 28.6. The number of carbonyl (C=O) groups excluding carboxylic acids is 1. The minimum absolute atomic E-state index is 0.0203. The molecular formula is C32H34N2O6. The van der Waals surface area contributed by atoms with E-state index < -0.39 is 5.97 Å². The highest BCUT2D eigenvalue weighted by Gasteiger charge is 2.24. The second kappa shape index (κ2) is 13.0. The Balaban J connectivity index is 1.51. The third kappa shape index (κ3) is 6.71. The van der Waals surface area contributed by atoms with E-state index in [1.165, 1.54) is 6.07 Å². The largest absolute Gasteiger partial charge is 0.508 e. The van der Waals surface area contributed by atoms with Crippen LogP contribution in [-0.2, 0) is 9.53 Å². The van der Waals surface area contributed by atoms with Crippen LogP contribution in [0.2, 0.25) is 0 Å². The smallest absolute Gasteiger partial charge is 0.336 e. The fraction of sp³-hybridized carbons (Fsp3) is 0.250. The molecule has 1 heterocycles. The van der Waals surface area contributed by atoms with Crippen LogP contribution in [-0.4, -0.2) is 48.9 Å². The number of phenols is 1. The Morgan fingerprint density at radius 3 is 2.50 bits per heavy atom. The van der Waals surface area contributed by atoms with Crippen LogP contribution in [0.1, 0.15) is 52.7 Å². The van der Waals surface area contributed by atoms with Gasteiger partial charge in [-0.15, -0.1) is 0 Å². The van der Waals surface area contributed by atoms with Gasteiger partial charge in [-0.3, -0.25) is 4.79 Å². The molecule has 40 heavy (non-hydrogen) atoms. The van der Waals surface area contributed by atoms with Crippen LogP contribution in [0.25, 0.3) is 17.8 Å². The molecule has 0 aromatic heterocycles. The molecule has 3 aromatic carbocycles. The molecule has 0 bridgehead atoms. The summed E-state index contributed by atoms with van der Waals surface area (Å²) in [5.41, 5.74) is 3.33. The Hall–Kier alpha value is -4.56. The number of amides is 1. The van der Waals surface area contributed by atoms with E-state index in [1.54, 1.807) is 37.4 Å². The van der Waals surface area contributed by atoms with E-state index in [0.29, 0.717) is 65.6 Å². The van der Waals surface area contributed by atoms with Crippen molar-refractivity contribution in [2.45, 2.75) is 25.7 Å². The fourth-order valence-corrected chi connectivity index (χ4v) is 4.65. The van der Waals surface area contributed by atoms with Gasteiger partial charge in [-0.25, -0.2) is 4.79 Å². The van der Waals surface area contributed by atoms with Gasteiger partial charge in [-0.1, -0.05) is 43.8 Å². The minimum Gasteiger partial charge on any atom is -0.508 e. The fourth-order valence-electron chi connectivity index (χ4n) is 4.65. The number of nitrogens with one attached hydrogen (secondary N) is 2. The lowest BCUT2D eigenvalue weighted by molar-refractivity contribution is -0.121. The van der Waals surface area contributed by atoms with Crippen molar-refractivity contribution < 1.29 is 29.3 Å². The second-order valence-electron chi connectivity index (χ2n) is 9.61. The molecule has 8 nitrogen and oxygen atoms in total. The van der Waals surface area contributed by atoms with E-state index in [1.807, 2.05) is 18.2 Å². The number of phenolic OH excluding ortho intramolecular Hbond substituents is 1. The molecule has 208 valence electrons. The van der Waals surface area contributed by atoms with Crippen molar-refractivity contribution in [1.82, 2.24) is 10.6 Å². The number of hydrogen-bond acceptors (Lipinski definition) is 6. The lowest BCUT2D eigenvalue weighted by Crippen LogP contribution is -2.26. The summed E-state index contributed by atoms with van der Waals surface area (Å²) >= 11 is 0. The molecule has 0 spiro atoms. The van der Waals surface area contributed by atoms with Crippen LogP contribution in [0.4, 0.5) is 0 Å². The van der Waals surface area contributed by atoms with Gasteiger partial charge in [0, 0.05) is 54.7 Å². The van der Waals surface area contributed by atoms with Crippen molar-refractivity contribution >= 4 is 29.7 Å². The second-order valence-corrected chi connectivity index (χ2v) is 9.61. The predicted molar refractivity (Wildman–Crippen MR) is 155 cm³/mol. The van der Waals surface area contributed by atoms with Gasteiger partial charge in [0.2, 0.25) is 5.91 Å². The summed E-state index contributed by atoms with van der Waals surface area (Å²) in [6, 6.07) is 15.6. The summed E-state index contributed by atoms with van der Waals surface area (Å²) in [5, 5.41) is 27.8. The summed E-state index contributed by atoms with van der Waals surface area (Å²) in [7, 11) is 1.60. The highest BCUT2D eigenvalue weighted by atomic mass is 16.5. The number of methoxy groups -OCH3 is 1. The minimum atomic E-state index is -1.07. The van der Waals surface area contributed by atoms with Gasteiger partial charge in [0.15, 0.2) is 0 Å². The maximum atomic E-state index is 12.5. The highest BCUT2D eigenvalue weighted by Crippen LogP contribution is 2.39. The molecule has 8 heteroatoms. The molecule has 1 aliphatic heterocycles. The lowest BCUT2D eigenvalue weighted by Gasteiger charge is -2.22. The van der Waals surface area contributed by atoms with Gasteiger partial charge >= 0.3 is 5.97 Å². The van der Waals surface area contributed by atoms with Crippen molar-refractivity contribution in [2.24, 2.45) is 0 Å². The molecule has 4 N–H and O–H groups in total. The summed E-state index contributed by atoms with van der Waals surface area (Å²) in [5.74, 6) is -0.0181. The number of aromatic hydroxyl groups is 1. The molecule has 3 aromatic rings. The zero-order valence-corrected chi connectivity index (χ0v) is 22.6. The van der Waals surface area contributed by atoms with Gasteiger partial charge in [0.05, 0.1) is 12.2 Å². The Bertz CT molecular complexity index is 1550. The lowest BCUT2D eigenvalue weighted by atomic mass is 9.88. The van der Waals surface area contributed by atoms with E-state index in [2.05, 4.69) is 23.8 Å². The standard InChI is InChI=1S/C32H34N2O6/c1-20-8-11-25-28(17-20)40-29-19-23(35)10-13-26(29)31(25)24-12-9-22(18-27(24)32(37)38)21(2)33-14-6-4-5-7-30(36)34-15-16-39-3/h8-13,17-19,33,35H,1-2,4-7,14-16H2,3H3,(H,34,36)(H,37,38). The topological polar surface area (TPSA) is 117 Å². The number of carboxylic acids is 1. The maximum Gasteiger partial charge on any atom is 0.336 e. The van der Waals surface area contributed by atoms with E-state index in [-0.39, 0.29) is 17.2 Å². The molecule has 1 amide bonds. The summed E-state index contributed by atoms with van der Waals surface area (Å²) in [6.45, 7) is 9.74.